The fraction of sp³-hybridized carbons (Fsp3) is 0.296. The van der Waals surface area contributed by atoms with Crippen molar-refractivity contribution in [3.63, 3.8) is 0 Å². The lowest BCUT2D eigenvalue weighted by Crippen LogP contribution is -2.49. The summed E-state index contributed by atoms with van der Waals surface area (Å²) in [5.74, 6) is -2.34. The van der Waals surface area contributed by atoms with Crippen LogP contribution in [-0.4, -0.2) is 46.0 Å². The summed E-state index contributed by atoms with van der Waals surface area (Å²) in [6.45, 7) is 7.36. The minimum Gasteiger partial charge on any atom is -0.478 e. The summed E-state index contributed by atoms with van der Waals surface area (Å²) in [4.78, 5) is 37.8. The zero-order chi connectivity index (χ0) is 24.0. The molecule has 2 N–H and O–H groups in total. The lowest BCUT2D eigenvalue weighted by Gasteiger charge is -2.50. The summed E-state index contributed by atoms with van der Waals surface area (Å²) in [5, 5.41) is 18.7. The van der Waals surface area contributed by atoms with E-state index in [1.54, 1.807) is 35.2 Å². The zero-order valence-electron chi connectivity index (χ0n) is 19.0. The van der Waals surface area contributed by atoms with Crippen LogP contribution in [0.4, 0.5) is 0 Å². The zero-order valence-corrected chi connectivity index (χ0v) is 19.0. The fourth-order valence-electron chi connectivity index (χ4n) is 5.38. The normalized spacial score (nSPS) is 21.5. The van der Waals surface area contributed by atoms with Gasteiger partial charge in [0.1, 0.15) is 0 Å². The quantitative estimate of drug-likeness (QED) is 0.647. The molecule has 2 aromatic carbocycles. The highest BCUT2D eigenvalue weighted by Crippen LogP contribution is 2.55. The van der Waals surface area contributed by atoms with Gasteiger partial charge in [0.05, 0.1) is 16.7 Å². The Morgan fingerprint density at radius 3 is 2.09 bits per heavy atom. The van der Waals surface area contributed by atoms with Crippen LogP contribution in [0.3, 0.4) is 0 Å². The second-order valence-corrected chi connectivity index (χ2v) is 9.54. The van der Waals surface area contributed by atoms with Crippen molar-refractivity contribution in [1.82, 2.24) is 4.90 Å². The lowest BCUT2D eigenvalue weighted by atomic mass is 9.58. The molecule has 0 saturated carbocycles. The van der Waals surface area contributed by atoms with Crippen molar-refractivity contribution >= 4 is 23.4 Å². The van der Waals surface area contributed by atoms with Crippen molar-refractivity contribution in [3.8, 4) is 0 Å². The molecular formula is C27H27NO5. The molecule has 0 radical (unpaired) electrons. The minimum absolute atomic E-state index is 0.0124. The van der Waals surface area contributed by atoms with Gasteiger partial charge >= 0.3 is 11.9 Å². The Labute approximate surface area is 192 Å². The van der Waals surface area contributed by atoms with Gasteiger partial charge in [0, 0.05) is 23.9 Å². The number of fused-ring (bicyclic) bond motifs is 1. The van der Waals surface area contributed by atoms with Crippen molar-refractivity contribution < 1.29 is 24.6 Å². The van der Waals surface area contributed by atoms with Crippen LogP contribution in [0.15, 0.2) is 66.3 Å². The van der Waals surface area contributed by atoms with Crippen molar-refractivity contribution in [2.45, 2.75) is 27.2 Å². The molecule has 1 aliphatic carbocycles. The van der Waals surface area contributed by atoms with E-state index >= 15 is 0 Å². The maximum Gasteiger partial charge on any atom is 0.336 e. The molecule has 1 amide bonds. The molecule has 1 atom stereocenters. The second-order valence-electron chi connectivity index (χ2n) is 9.54. The second kappa shape index (κ2) is 8.03. The van der Waals surface area contributed by atoms with Crippen LogP contribution in [0, 0.1) is 10.8 Å². The van der Waals surface area contributed by atoms with E-state index in [0.717, 1.165) is 17.6 Å². The Balaban J connectivity index is 1.64. The lowest BCUT2D eigenvalue weighted by molar-refractivity contribution is 0.0648. The Morgan fingerprint density at radius 2 is 1.48 bits per heavy atom. The molecule has 2 aromatic rings. The first kappa shape index (κ1) is 22.5. The first-order valence-corrected chi connectivity index (χ1v) is 10.9. The highest BCUT2D eigenvalue weighted by atomic mass is 16.4. The number of carbonyl (C=O) groups excluding carboxylic acids is 1. The molecule has 0 spiro atoms. The van der Waals surface area contributed by atoms with Gasteiger partial charge in [-0.15, -0.1) is 0 Å². The molecule has 1 heterocycles. The maximum atomic E-state index is 13.2. The fourth-order valence-corrected chi connectivity index (χ4v) is 5.38. The summed E-state index contributed by atoms with van der Waals surface area (Å²) in [6.07, 6.45) is 5.01. The molecule has 0 saturated heterocycles. The molecule has 0 fully saturated rings. The van der Waals surface area contributed by atoms with E-state index in [1.165, 1.54) is 11.6 Å². The SMILES string of the molecule is CC1(C)C(c2ccc(C(=O)O)cc2)=CC[C@]2(C)CN(C(=O)c3ccccc3C(=O)O)CC=C12. The van der Waals surface area contributed by atoms with Crippen LogP contribution in [0.1, 0.15) is 63.8 Å². The van der Waals surface area contributed by atoms with Gasteiger partial charge in [0.2, 0.25) is 0 Å². The number of carboxylic acids is 2. The Morgan fingerprint density at radius 1 is 0.848 bits per heavy atom. The Bertz CT molecular complexity index is 1210. The predicted molar refractivity (Wildman–Crippen MR) is 125 cm³/mol. The third kappa shape index (κ3) is 3.86. The topological polar surface area (TPSA) is 94.9 Å². The first-order chi connectivity index (χ1) is 15.5. The van der Waals surface area contributed by atoms with Crippen molar-refractivity contribution in [1.29, 1.82) is 0 Å². The van der Waals surface area contributed by atoms with Gasteiger partial charge in [-0.25, -0.2) is 9.59 Å². The van der Waals surface area contributed by atoms with Gasteiger partial charge in [-0.1, -0.05) is 62.8 Å². The van der Waals surface area contributed by atoms with E-state index in [1.807, 2.05) is 12.1 Å². The highest BCUT2D eigenvalue weighted by Gasteiger charge is 2.46. The predicted octanol–water partition coefficient (Wildman–Crippen LogP) is 4.99. The molecule has 0 unspecified atom stereocenters. The van der Waals surface area contributed by atoms with Gasteiger partial charge in [0.15, 0.2) is 0 Å². The summed E-state index contributed by atoms with van der Waals surface area (Å²) in [6, 6.07) is 13.3. The number of hydrogen-bond donors (Lipinski definition) is 2. The molecular weight excluding hydrogens is 418 g/mol. The van der Waals surface area contributed by atoms with Crippen molar-refractivity contribution in [2.24, 2.45) is 10.8 Å². The summed E-state index contributed by atoms with van der Waals surface area (Å²) in [5.41, 5.74) is 3.26. The molecule has 33 heavy (non-hydrogen) atoms. The van der Waals surface area contributed by atoms with Crippen molar-refractivity contribution in [3.05, 3.63) is 88.5 Å². The van der Waals surface area contributed by atoms with Gasteiger partial charge < -0.3 is 15.1 Å². The van der Waals surface area contributed by atoms with Gasteiger partial charge in [-0.3, -0.25) is 4.79 Å². The van der Waals surface area contributed by atoms with E-state index < -0.39 is 11.9 Å². The van der Waals surface area contributed by atoms with E-state index in [2.05, 4.69) is 32.9 Å². The van der Waals surface area contributed by atoms with Crippen LogP contribution < -0.4 is 0 Å². The summed E-state index contributed by atoms with van der Waals surface area (Å²) < 4.78 is 0. The molecule has 4 rings (SSSR count). The van der Waals surface area contributed by atoms with Gasteiger partial charge in [-0.05, 0) is 41.8 Å². The number of hydrogen-bond acceptors (Lipinski definition) is 3. The average Bonchev–Trinajstić information content (AvgIpc) is 2.78. The smallest absolute Gasteiger partial charge is 0.336 e. The monoisotopic (exact) mass is 445 g/mol. The Hall–Kier alpha value is -3.67. The highest BCUT2D eigenvalue weighted by molar-refractivity contribution is 6.05. The number of rotatable bonds is 4. The van der Waals surface area contributed by atoms with E-state index in [-0.39, 0.29) is 33.4 Å². The third-order valence-corrected chi connectivity index (χ3v) is 6.93. The number of carboxylic acid groups (broad SMARTS) is 2. The number of aromatic carboxylic acids is 2. The van der Waals surface area contributed by atoms with Crippen LogP contribution in [0.2, 0.25) is 0 Å². The van der Waals surface area contributed by atoms with Crippen LogP contribution in [0.25, 0.3) is 5.57 Å². The van der Waals surface area contributed by atoms with E-state index in [9.17, 15) is 24.6 Å². The average molecular weight is 446 g/mol. The molecule has 2 aliphatic rings. The number of nitrogens with zero attached hydrogens (tertiary/aromatic N) is 1. The first-order valence-electron chi connectivity index (χ1n) is 10.9. The molecule has 0 bridgehead atoms. The molecule has 0 aromatic heterocycles. The molecule has 6 heteroatoms. The number of benzene rings is 2. The number of allylic oxidation sites excluding steroid dienone is 2. The van der Waals surface area contributed by atoms with Gasteiger partial charge in [0.25, 0.3) is 5.91 Å². The molecule has 1 aliphatic heterocycles. The molecule has 170 valence electrons. The van der Waals surface area contributed by atoms with Gasteiger partial charge in [-0.2, -0.15) is 0 Å². The van der Waals surface area contributed by atoms with Crippen LogP contribution in [0.5, 0.6) is 0 Å². The van der Waals surface area contributed by atoms with E-state index in [4.69, 9.17) is 0 Å². The third-order valence-electron chi connectivity index (χ3n) is 6.93. The standard InChI is InChI=1S/C27H27NO5/c1-26(2)21(17-8-10-18(11-9-17)24(30)31)12-14-27(3)16-28(15-13-22(26)27)23(29)19-6-4-5-7-20(19)25(32)33/h4-13H,14-16H2,1-3H3,(H,30,31)(H,32,33)/t27-/m1/s1. The number of carbonyl (C=O) groups is 3. The number of amides is 1. The van der Waals surface area contributed by atoms with E-state index in [0.29, 0.717) is 13.1 Å². The van der Waals surface area contributed by atoms with Crippen molar-refractivity contribution in [2.75, 3.05) is 13.1 Å². The summed E-state index contributed by atoms with van der Waals surface area (Å²) >= 11 is 0. The van der Waals surface area contributed by atoms with Crippen LogP contribution in [-0.2, 0) is 0 Å². The summed E-state index contributed by atoms with van der Waals surface area (Å²) in [7, 11) is 0. The Kier molecular flexibility index (Phi) is 5.48. The molecule has 6 nitrogen and oxygen atoms in total. The maximum absolute atomic E-state index is 13.2. The largest absolute Gasteiger partial charge is 0.478 e. The van der Waals surface area contributed by atoms with Crippen LogP contribution >= 0.6 is 0 Å². The minimum atomic E-state index is -1.11.